The number of benzene rings is 3. The molecule has 0 aliphatic heterocycles. The van der Waals surface area contributed by atoms with E-state index in [0.717, 1.165) is 11.1 Å². The van der Waals surface area contributed by atoms with Gasteiger partial charge in [-0.2, -0.15) is 13.2 Å². The van der Waals surface area contributed by atoms with Crippen LogP contribution in [0.4, 0.5) is 17.6 Å². The Morgan fingerprint density at radius 1 is 0.750 bits per heavy atom. The molecule has 5 heteroatoms. The average Bonchev–Trinajstić information content (AvgIpc) is 2.68. The zero-order chi connectivity index (χ0) is 20.1. The molecule has 3 aromatic carbocycles. The zero-order valence-electron chi connectivity index (χ0n) is 15.0. The Balaban J connectivity index is 1.66. The van der Waals surface area contributed by atoms with Gasteiger partial charge in [0.1, 0.15) is 5.82 Å². The van der Waals surface area contributed by atoms with E-state index in [-0.39, 0.29) is 17.0 Å². The molecule has 0 nitrogen and oxygen atoms in total. The molecule has 0 fully saturated rings. The van der Waals surface area contributed by atoms with Crippen LogP contribution in [0, 0.1) is 5.82 Å². The molecule has 0 aromatic heterocycles. The van der Waals surface area contributed by atoms with Crippen LogP contribution in [0.1, 0.15) is 28.2 Å². The fourth-order valence-corrected chi connectivity index (χ4v) is 3.29. The first-order chi connectivity index (χ1) is 13.3. The maximum atomic E-state index is 13.5. The normalized spacial score (nSPS) is 12.8. The summed E-state index contributed by atoms with van der Waals surface area (Å²) in [4.78, 5) is 0. The van der Waals surface area contributed by atoms with Crippen LogP contribution in [0.2, 0.25) is 5.02 Å². The first-order valence-electron chi connectivity index (χ1n) is 8.96. The van der Waals surface area contributed by atoms with Crippen LogP contribution in [0.15, 0.2) is 72.8 Å². The van der Waals surface area contributed by atoms with E-state index < -0.39 is 17.9 Å². The molecule has 0 saturated carbocycles. The molecule has 1 atom stereocenters. The largest absolute Gasteiger partial charge is 0.396 e. The minimum absolute atomic E-state index is 0.0886. The van der Waals surface area contributed by atoms with Gasteiger partial charge in [-0.15, -0.1) is 0 Å². The Kier molecular flexibility index (Phi) is 6.40. The van der Waals surface area contributed by atoms with Crippen molar-refractivity contribution in [1.29, 1.82) is 0 Å². The summed E-state index contributed by atoms with van der Waals surface area (Å²) in [7, 11) is 0. The van der Waals surface area contributed by atoms with E-state index in [4.69, 9.17) is 11.6 Å². The van der Waals surface area contributed by atoms with Gasteiger partial charge in [-0.05, 0) is 53.6 Å². The number of aryl methyl sites for hydroxylation is 2. The summed E-state index contributed by atoms with van der Waals surface area (Å²) in [5.41, 5.74) is 2.71. The number of alkyl halides is 3. The molecule has 3 aromatic rings. The SMILES string of the molecule is Fc1cc(CCc2ccc(C[C@H](c3ccccc3)C(F)(F)F)cc2)ccc1Cl. The molecule has 146 valence electrons. The van der Waals surface area contributed by atoms with Crippen molar-refractivity contribution in [2.75, 3.05) is 0 Å². The molecule has 0 heterocycles. The van der Waals surface area contributed by atoms with Crippen LogP contribution in [-0.2, 0) is 19.3 Å². The van der Waals surface area contributed by atoms with Gasteiger partial charge in [-0.3, -0.25) is 0 Å². The summed E-state index contributed by atoms with van der Waals surface area (Å²) in [6.07, 6.45) is -3.11. The second-order valence-electron chi connectivity index (χ2n) is 6.77. The number of hydrogen-bond donors (Lipinski definition) is 0. The first-order valence-corrected chi connectivity index (χ1v) is 9.34. The highest BCUT2D eigenvalue weighted by Crippen LogP contribution is 2.37. The molecule has 0 aliphatic rings. The van der Waals surface area contributed by atoms with Crippen LogP contribution in [0.3, 0.4) is 0 Å². The van der Waals surface area contributed by atoms with Gasteiger partial charge in [0.05, 0.1) is 10.9 Å². The Bertz CT molecular complexity index is 902. The lowest BCUT2D eigenvalue weighted by atomic mass is 9.91. The van der Waals surface area contributed by atoms with Crippen molar-refractivity contribution in [2.24, 2.45) is 0 Å². The summed E-state index contributed by atoms with van der Waals surface area (Å²) in [5, 5.41) is 0.0886. The van der Waals surface area contributed by atoms with E-state index in [1.165, 1.54) is 24.3 Å². The third-order valence-corrected chi connectivity index (χ3v) is 5.05. The molecule has 0 amide bonds. The predicted molar refractivity (Wildman–Crippen MR) is 104 cm³/mol. The third-order valence-electron chi connectivity index (χ3n) is 4.75. The summed E-state index contributed by atoms with van der Waals surface area (Å²) in [5.74, 6) is -1.98. The monoisotopic (exact) mass is 406 g/mol. The lowest BCUT2D eigenvalue weighted by Gasteiger charge is -2.21. The van der Waals surface area contributed by atoms with Crippen LogP contribution < -0.4 is 0 Å². The maximum Gasteiger partial charge on any atom is 0.396 e. The second-order valence-corrected chi connectivity index (χ2v) is 7.18. The number of halogens is 5. The summed E-state index contributed by atoms with van der Waals surface area (Å²) in [6.45, 7) is 0. The second kappa shape index (κ2) is 8.78. The predicted octanol–water partition coefficient (Wildman–Crippen LogP) is 7.15. The highest BCUT2D eigenvalue weighted by Gasteiger charge is 2.40. The average molecular weight is 407 g/mol. The molecular weight excluding hydrogens is 388 g/mol. The van der Waals surface area contributed by atoms with Crippen molar-refractivity contribution in [3.05, 3.63) is 106 Å². The Hall–Kier alpha value is -2.33. The summed E-state index contributed by atoms with van der Waals surface area (Å²) in [6, 6.07) is 19.8. The maximum absolute atomic E-state index is 13.5. The van der Waals surface area contributed by atoms with Gasteiger partial charge in [0.15, 0.2) is 0 Å². The fourth-order valence-electron chi connectivity index (χ4n) is 3.17. The van der Waals surface area contributed by atoms with Crippen LogP contribution >= 0.6 is 11.6 Å². The van der Waals surface area contributed by atoms with Gasteiger partial charge in [-0.1, -0.05) is 72.3 Å². The Morgan fingerprint density at radius 2 is 1.32 bits per heavy atom. The zero-order valence-corrected chi connectivity index (χ0v) is 15.8. The Labute approximate surface area is 166 Å². The van der Waals surface area contributed by atoms with Gasteiger partial charge in [0.25, 0.3) is 0 Å². The van der Waals surface area contributed by atoms with Gasteiger partial charge in [0, 0.05) is 0 Å². The molecule has 0 spiro atoms. The van der Waals surface area contributed by atoms with Gasteiger partial charge in [-0.25, -0.2) is 4.39 Å². The van der Waals surface area contributed by atoms with E-state index in [2.05, 4.69) is 0 Å². The van der Waals surface area contributed by atoms with Gasteiger partial charge < -0.3 is 0 Å². The van der Waals surface area contributed by atoms with Gasteiger partial charge in [0.2, 0.25) is 0 Å². The third kappa shape index (κ3) is 5.35. The standard InChI is InChI=1S/C23H19ClF4/c24-21-13-12-18(15-22(21)25)11-8-16-6-9-17(10-7-16)14-20(23(26,27)28)19-4-2-1-3-5-19/h1-7,9-10,12-13,15,20H,8,11,14H2/t20-/m1/s1. The van der Waals surface area contributed by atoms with Crippen molar-refractivity contribution >= 4 is 11.6 Å². The minimum Gasteiger partial charge on any atom is -0.205 e. The topological polar surface area (TPSA) is 0 Å². The van der Waals surface area contributed by atoms with Crippen LogP contribution in [0.25, 0.3) is 0 Å². The van der Waals surface area contributed by atoms with E-state index in [0.29, 0.717) is 18.4 Å². The van der Waals surface area contributed by atoms with Crippen molar-refractivity contribution in [3.8, 4) is 0 Å². The lowest BCUT2D eigenvalue weighted by molar-refractivity contribution is -0.150. The van der Waals surface area contributed by atoms with E-state index >= 15 is 0 Å². The molecule has 0 saturated heterocycles. The van der Waals surface area contributed by atoms with Crippen molar-refractivity contribution < 1.29 is 17.6 Å². The fraction of sp³-hybridized carbons (Fsp3) is 0.217. The number of rotatable bonds is 6. The van der Waals surface area contributed by atoms with Crippen molar-refractivity contribution in [3.63, 3.8) is 0 Å². The van der Waals surface area contributed by atoms with E-state index in [9.17, 15) is 17.6 Å². The highest BCUT2D eigenvalue weighted by molar-refractivity contribution is 6.30. The summed E-state index contributed by atoms with van der Waals surface area (Å²) < 4.78 is 54.0. The molecule has 0 bridgehead atoms. The molecule has 28 heavy (non-hydrogen) atoms. The number of hydrogen-bond acceptors (Lipinski definition) is 0. The Morgan fingerprint density at radius 3 is 1.93 bits per heavy atom. The molecule has 0 radical (unpaired) electrons. The molecule has 3 rings (SSSR count). The molecule has 0 N–H and O–H groups in total. The van der Waals surface area contributed by atoms with Crippen LogP contribution in [-0.4, -0.2) is 6.18 Å². The first kappa shape index (κ1) is 20.4. The molecule has 0 aliphatic carbocycles. The van der Waals surface area contributed by atoms with Gasteiger partial charge >= 0.3 is 6.18 Å². The summed E-state index contributed by atoms with van der Waals surface area (Å²) >= 11 is 5.68. The highest BCUT2D eigenvalue weighted by atomic mass is 35.5. The van der Waals surface area contributed by atoms with Crippen LogP contribution in [0.5, 0.6) is 0 Å². The van der Waals surface area contributed by atoms with E-state index in [1.807, 2.05) is 12.1 Å². The smallest absolute Gasteiger partial charge is 0.205 e. The quantitative estimate of drug-likeness (QED) is 0.381. The van der Waals surface area contributed by atoms with Crippen molar-refractivity contribution in [2.45, 2.75) is 31.4 Å². The van der Waals surface area contributed by atoms with E-state index in [1.54, 1.807) is 36.4 Å². The van der Waals surface area contributed by atoms with Crippen molar-refractivity contribution in [1.82, 2.24) is 0 Å². The molecular formula is C23H19ClF4. The molecule has 0 unspecified atom stereocenters. The lowest BCUT2D eigenvalue weighted by Crippen LogP contribution is -2.23. The minimum atomic E-state index is -4.31.